The molecule has 0 amide bonds. The molecule has 0 aromatic rings. The minimum atomic E-state index is 1.20. The quantitative estimate of drug-likeness (QED) is 0.280. The Kier molecular flexibility index (Phi) is 10.6. The molecule has 0 nitrogen and oxygen atoms in total. The highest BCUT2D eigenvalue weighted by Gasteiger charge is 1.89. The molecule has 70 valence electrons. The largest absolute Gasteiger partial charge is 0.103 e. The van der Waals surface area contributed by atoms with Crippen molar-refractivity contribution in [3.05, 3.63) is 12.7 Å². The Morgan fingerprint density at radius 3 is 1.83 bits per heavy atom. The molecule has 12 heavy (non-hydrogen) atoms. The van der Waals surface area contributed by atoms with E-state index in [0.29, 0.717) is 0 Å². The van der Waals surface area contributed by atoms with Crippen LogP contribution in [0, 0.1) is 0 Å². The first-order valence-electron chi connectivity index (χ1n) is 5.52. The zero-order valence-electron chi connectivity index (χ0n) is 8.65. The second kappa shape index (κ2) is 10.8. The molecular weight excluding hydrogens is 143 g/mol. The fourth-order valence-electron chi connectivity index (χ4n) is 1.42. The molecule has 0 rings (SSSR count). The van der Waals surface area contributed by atoms with E-state index in [0.717, 1.165) is 0 Å². The number of hydrogen-bond acceptors (Lipinski definition) is 0. The van der Waals surface area contributed by atoms with E-state index >= 15 is 0 Å². The van der Waals surface area contributed by atoms with Crippen molar-refractivity contribution in [2.24, 2.45) is 0 Å². The van der Waals surface area contributed by atoms with E-state index in [4.69, 9.17) is 0 Å². The lowest BCUT2D eigenvalue weighted by molar-refractivity contribution is 0.592. The van der Waals surface area contributed by atoms with E-state index in [2.05, 4.69) is 14.4 Å². The fourth-order valence-corrected chi connectivity index (χ4v) is 1.42. The zero-order chi connectivity index (χ0) is 9.07. The predicted molar refractivity (Wildman–Crippen MR) is 60.5 cm³/mol. The Balaban J connectivity index is 2.77. The molecule has 0 N–H and O–H groups in total. The van der Waals surface area contributed by atoms with Crippen LogP contribution in [-0.4, -0.2) is 7.85 Å². The molecule has 0 bridgehead atoms. The lowest BCUT2D eigenvalue weighted by Gasteiger charge is -1.99. The monoisotopic (exact) mass is 166 g/mol. The normalized spacial score (nSPS) is 10.0. The summed E-state index contributed by atoms with van der Waals surface area (Å²) in [6.45, 7) is 3.72. The molecule has 0 saturated heterocycles. The van der Waals surface area contributed by atoms with Crippen LogP contribution in [0.4, 0.5) is 0 Å². The van der Waals surface area contributed by atoms with Gasteiger partial charge in [0.1, 0.15) is 7.85 Å². The van der Waals surface area contributed by atoms with E-state index in [-0.39, 0.29) is 0 Å². The van der Waals surface area contributed by atoms with Crippen molar-refractivity contribution in [2.45, 2.75) is 57.7 Å². The van der Waals surface area contributed by atoms with Crippen molar-refractivity contribution >= 4 is 7.85 Å². The Labute approximate surface area is 78.9 Å². The van der Waals surface area contributed by atoms with Gasteiger partial charge in [0.25, 0.3) is 0 Å². The smallest absolute Gasteiger partial charge is 0.101 e. The molecule has 0 heterocycles. The summed E-state index contributed by atoms with van der Waals surface area (Å²) < 4.78 is 0. The minimum absolute atomic E-state index is 1.20. The van der Waals surface area contributed by atoms with Crippen LogP contribution >= 0.6 is 0 Å². The Morgan fingerprint density at radius 1 is 0.833 bits per heavy atom. The van der Waals surface area contributed by atoms with Gasteiger partial charge < -0.3 is 0 Å². The summed E-state index contributed by atoms with van der Waals surface area (Å²) in [6, 6.07) is 0. The van der Waals surface area contributed by atoms with Crippen molar-refractivity contribution in [3.8, 4) is 0 Å². The number of unbranched alkanes of at least 4 members (excludes halogenated alkanes) is 7. The molecular formula is C11H23B. The molecule has 0 aliphatic carbocycles. The van der Waals surface area contributed by atoms with E-state index in [1.807, 2.05) is 6.08 Å². The SMILES string of the molecule is BCCCCCCCCCC=C. The van der Waals surface area contributed by atoms with Crippen LogP contribution in [0.5, 0.6) is 0 Å². The second-order valence-electron chi connectivity index (χ2n) is 3.55. The summed E-state index contributed by atoms with van der Waals surface area (Å²) in [5.41, 5.74) is 0. The number of hydrogen-bond donors (Lipinski definition) is 0. The van der Waals surface area contributed by atoms with Gasteiger partial charge in [-0.25, -0.2) is 0 Å². The number of rotatable bonds is 9. The maximum Gasteiger partial charge on any atom is 0.101 e. The van der Waals surface area contributed by atoms with Crippen molar-refractivity contribution in [1.29, 1.82) is 0 Å². The molecule has 0 aliphatic rings. The third-order valence-electron chi connectivity index (χ3n) is 2.26. The van der Waals surface area contributed by atoms with Gasteiger partial charge in [0, 0.05) is 0 Å². The molecule has 0 radical (unpaired) electrons. The Morgan fingerprint density at radius 2 is 1.33 bits per heavy atom. The van der Waals surface area contributed by atoms with Crippen LogP contribution in [0.3, 0.4) is 0 Å². The van der Waals surface area contributed by atoms with Crippen LogP contribution in [0.1, 0.15) is 51.4 Å². The van der Waals surface area contributed by atoms with Gasteiger partial charge >= 0.3 is 0 Å². The van der Waals surface area contributed by atoms with Crippen molar-refractivity contribution in [3.63, 3.8) is 0 Å². The van der Waals surface area contributed by atoms with E-state index < -0.39 is 0 Å². The van der Waals surface area contributed by atoms with Gasteiger partial charge in [-0.15, -0.1) is 6.58 Å². The van der Waals surface area contributed by atoms with Gasteiger partial charge in [0.15, 0.2) is 0 Å². The van der Waals surface area contributed by atoms with Crippen molar-refractivity contribution in [2.75, 3.05) is 0 Å². The second-order valence-corrected chi connectivity index (χ2v) is 3.55. The van der Waals surface area contributed by atoms with Gasteiger partial charge in [-0.2, -0.15) is 0 Å². The first-order valence-corrected chi connectivity index (χ1v) is 5.52. The van der Waals surface area contributed by atoms with Gasteiger partial charge in [-0.3, -0.25) is 0 Å². The highest BCUT2D eigenvalue weighted by Crippen LogP contribution is 2.09. The molecule has 0 aromatic heterocycles. The predicted octanol–water partition coefficient (Wildman–Crippen LogP) is 3.34. The fraction of sp³-hybridized carbons (Fsp3) is 0.818. The Bertz CT molecular complexity index is 89.0. The lowest BCUT2D eigenvalue weighted by Crippen LogP contribution is -1.80. The molecule has 0 saturated carbocycles. The maximum absolute atomic E-state index is 3.72. The summed E-state index contributed by atoms with van der Waals surface area (Å²) in [6.07, 6.45) is 14.5. The molecule has 0 aromatic carbocycles. The molecule has 0 aliphatic heterocycles. The summed E-state index contributed by atoms with van der Waals surface area (Å²) in [4.78, 5) is 0. The van der Waals surface area contributed by atoms with Crippen LogP contribution in [0.15, 0.2) is 12.7 Å². The van der Waals surface area contributed by atoms with Gasteiger partial charge in [-0.05, 0) is 12.8 Å². The van der Waals surface area contributed by atoms with Crippen LogP contribution in [0.25, 0.3) is 0 Å². The summed E-state index contributed by atoms with van der Waals surface area (Å²) in [5, 5.41) is 0. The lowest BCUT2D eigenvalue weighted by atomic mass is 9.98. The van der Waals surface area contributed by atoms with E-state index in [1.165, 1.54) is 57.7 Å². The standard InChI is InChI=1S/C11H23B/c1-2-3-4-5-6-7-8-9-10-11-12/h2H,1,3-12H2. The first kappa shape index (κ1) is 11.8. The summed E-state index contributed by atoms with van der Waals surface area (Å²) in [5.74, 6) is 0. The van der Waals surface area contributed by atoms with Crippen LogP contribution in [-0.2, 0) is 0 Å². The van der Waals surface area contributed by atoms with Crippen LogP contribution in [0.2, 0.25) is 6.32 Å². The summed E-state index contributed by atoms with van der Waals surface area (Å²) >= 11 is 0. The van der Waals surface area contributed by atoms with Gasteiger partial charge in [0.05, 0.1) is 0 Å². The average molecular weight is 166 g/mol. The van der Waals surface area contributed by atoms with E-state index in [1.54, 1.807) is 0 Å². The zero-order valence-corrected chi connectivity index (χ0v) is 8.65. The topological polar surface area (TPSA) is 0 Å². The highest BCUT2D eigenvalue weighted by molar-refractivity contribution is 6.08. The minimum Gasteiger partial charge on any atom is -0.103 e. The third kappa shape index (κ3) is 9.80. The molecule has 0 fully saturated rings. The van der Waals surface area contributed by atoms with Crippen molar-refractivity contribution < 1.29 is 0 Å². The molecule has 0 atom stereocenters. The average Bonchev–Trinajstić information content (AvgIpc) is 2.10. The van der Waals surface area contributed by atoms with Crippen LogP contribution < -0.4 is 0 Å². The molecule has 0 spiro atoms. The van der Waals surface area contributed by atoms with Gasteiger partial charge in [0.2, 0.25) is 0 Å². The molecule has 1 heteroatoms. The summed E-state index contributed by atoms with van der Waals surface area (Å²) in [7, 11) is 2.27. The number of allylic oxidation sites excluding steroid dienone is 1. The maximum atomic E-state index is 3.72. The van der Waals surface area contributed by atoms with E-state index in [9.17, 15) is 0 Å². The van der Waals surface area contributed by atoms with Gasteiger partial charge in [-0.1, -0.05) is 50.9 Å². The Hall–Kier alpha value is -0.195. The first-order chi connectivity index (χ1) is 5.91. The third-order valence-corrected chi connectivity index (χ3v) is 2.26. The highest BCUT2D eigenvalue weighted by atomic mass is 13.9. The molecule has 0 unspecified atom stereocenters. The van der Waals surface area contributed by atoms with Crippen molar-refractivity contribution in [1.82, 2.24) is 0 Å².